The van der Waals surface area contributed by atoms with Crippen LogP contribution in [0.4, 0.5) is 0 Å². The third kappa shape index (κ3) is 2.27. The highest BCUT2D eigenvalue weighted by Gasteiger charge is 2.23. The number of rotatable bonds is 3. The van der Waals surface area contributed by atoms with Crippen LogP contribution in [-0.2, 0) is 16.8 Å². The summed E-state index contributed by atoms with van der Waals surface area (Å²) in [5.74, 6) is 0. The Bertz CT molecular complexity index is 325. The molecule has 13 heavy (non-hydrogen) atoms. The number of nitrogens with zero attached hydrogens (tertiary/aromatic N) is 2. The first-order chi connectivity index (χ1) is 6.10. The van der Waals surface area contributed by atoms with Gasteiger partial charge in [-0.05, 0) is 13.8 Å². The van der Waals surface area contributed by atoms with Crippen LogP contribution in [0.15, 0.2) is 5.38 Å². The van der Waals surface area contributed by atoms with Crippen LogP contribution in [0.3, 0.4) is 0 Å². The Labute approximate surface area is 82.0 Å². The SMILES string of the molecule is COCc1csc(C(C)(C)C#N)n1. The fourth-order valence-corrected chi connectivity index (χ4v) is 1.73. The van der Waals surface area contributed by atoms with Gasteiger partial charge >= 0.3 is 0 Å². The molecule has 0 amide bonds. The second-order valence-electron chi connectivity index (χ2n) is 3.31. The van der Waals surface area contributed by atoms with Crippen molar-refractivity contribution in [3.8, 4) is 6.07 Å². The number of nitriles is 1. The molecule has 1 aromatic heterocycles. The number of hydrogen-bond acceptors (Lipinski definition) is 4. The van der Waals surface area contributed by atoms with Gasteiger partial charge in [-0.2, -0.15) is 5.26 Å². The molecule has 70 valence electrons. The van der Waals surface area contributed by atoms with Crippen LogP contribution in [0.25, 0.3) is 0 Å². The minimum Gasteiger partial charge on any atom is -0.378 e. The maximum atomic E-state index is 8.87. The number of hydrogen-bond donors (Lipinski definition) is 0. The standard InChI is InChI=1S/C9H12N2OS/c1-9(2,6-10)8-11-7(4-12-3)5-13-8/h5H,4H2,1-3H3. The van der Waals surface area contributed by atoms with Crippen LogP contribution in [0, 0.1) is 11.3 Å². The van der Waals surface area contributed by atoms with Crippen LogP contribution in [0.2, 0.25) is 0 Å². The summed E-state index contributed by atoms with van der Waals surface area (Å²) in [4.78, 5) is 4.31. The molecule has 0 fully saturated rings. The van der Waals surface area contributed by atoms with Gasteiger partial charge in [0.2, 0.25) is 0 Å². The van der Waals surface area contributed by atoms with Gasteiger partial charge in [0.25, 0.3) is 0 Å². The fraction of sp³-hybridized carbons (Fsp3) is 0.556. The second-order valence-corrected chi connectivity index (χ2v) is 4.17. The molecule has 1 heterocycles. The highest BCUT2D eigenvalue weighted by Crippen LogP contribution is 2.25. The van der Waals surface area contributed by atoms with Gasteiger partial charge in [0.15, 0.2) is 0 Å². The second kappa shape index (κ2) is 3.86. The lowest BCUT2D eigenvalue weighted by Crippen LogP contribution is -2.13. The Kier molecular flexibility index (Phi) is 3.02. The van der Waals surface area contributed by atoms with Gasteiger partial charge in [0.1, 0.15) is 10.4 Å². The lowest BCUT2D eigenvalue weighted by atomic mass is 9.97. The topological polar surface area (TPSA) is 45.9 Å². The molecule has 0 radical (unpaired) electrons. The van der Waals surface area contributed by atoms with E-state index in [9.17, 15) is 0 Å². The van der Waals surface area contributed by atoms with Crippen LogP contribution < -0.4 is 0 Å². The van der Waals surface area contributed by atoms with Gasteiger partial charge in [-0.15, -0.1) is 11.3 Å². The largest absolute Gasteiger partial charge is 0.378 e. The molecule has 0 bridgehead atoms. The summed E-state index contributed by atoms with van der Waals surface area (Å²) in [5, 5.41) is 11.6. The number of ether oxygens (including phenoxy) is 1. The van der Waals surface area contributed by atoms with Crippen molar-refractivity contribution in [2.45, 2.75) is 25.9 Å². The Morgan fingerprint density at radius 3 is 2.92 bits per heavy atom. The molecular formula is C9H12N2OS. The summed E-state index contributed by atoms with van der Waals surface area (Å²) in [7, 11) is 1.63. The zero-order valence-corrected chi connectivity index (χ0v) is 8.81. The summed E-state index contributed by atoms with van der Waals surface area (Å²) < 4.78 is 4.95. The first kappa shape index (κ1) is 10.2. The van der Waals surface area contributed by atoms with E-state index in [1.807, 2.05) is 19.2 Å². The van der Waals surface area contributed by atoms with Gasteiger partial charge in [0, 0.05) is 12.5 Å². The van der Waals surface area contributed by atoms with E-state index in [0.29, 0.717) is 6.61 Å². The Hall–Kier alpha value is -0.920. The maximum Gasteiger partial charge on any atom is 0.113 e. The van der Waals surface area contributed by atoms with E-state index >= 15 is 0 Å². The lowest BCUT2D eigenvalue weighted by Gasteiger charge is -2.09. The van der Waals surface area contributed by atoms with Gasteiger partial charge in [-0.25, -0.2) is 4.98 Å². The Morgan fingerprint density at radius 2 is 2.38 bits per heavy atom. The molecule has 0 atom stereocenters. The Morgan fingerprint density at radius 1 is 1.69 bits per heavy atom. The van der Waals surface area contributed by atoms with Crippen molar-refractivity contribution in [1.29, 1.82) is 5.26 Å². The summed E-state index contributed by atoms with van der Waals surface area (Å²) >= 11 is 1.51. The summed E-state index contributed by atoms with van der Waals surface area (Å²) in [6, 6.07) is 2.22. The van der Waals surface area contributed by atoms with Crippen LogP contribution in [-0.4, -0.2) is 12.1 Å². The van der Waals surface area contributed by atoms with E-state index in [0.717, 1.165) is 10.7 Å². The van der Waals surface area contributed by atoms with E-state index in [1.54, 1.807) is 7.11 Å². The van der Waals surface area contributed by atoms with Crippen molar-refractivity contribution in [2.24, 2.45) is 0 Å². The quantitative estimate of drug-likeness (QED) is 0.743. The molecule has 0 N–H and O–H groups in total. The van der Waals surface area contributed by atoms with Crippen LogP contribution in [0.5, 0.6) is 0 Å². The smallest absolute Gasteiger partial charge is 0.113 e. The van der Waals surface area contributed by atoms with E-state index in [-0.39, 0.29) is 0 Å². The summed E-state index contributed by atoms with van der Waals surface area (Å²) in [5.41, 5.74) is 0.405. The minimum atomic E-state index is -0.489. The first-order valence-corrected chi connectivity index (χ1v) is 4.83. The highest BCUT2D eigenvalue weighted by molar-refractivity contribution is 7.09. The van der Waals surface area contributed by atoms with Crippen molar-refractivity contribution >= 4 is 11.3 Å². The van der Waals surface area contributed by atoms with Gasteiger partial charge in [-0.3, -0.25) is 0 Å². The molecule has 1 rings (SSSR count). The molecule has 0 aliphatic carbocycles. The van der Waals surface area contributed by atoms with Crippen LogP contribution >= 0.6 is 11.3 Å². The number of thiazole rings is 1. The Balaban J connectivity index is 2.87. The summed E-state index contributed by atoms with van der Waals surface area (Å²) in [6.07, 6.45) is 0. The number of aromatic nitrogens is 1. The molecular weight excluding hydrogens is 184 g/mol. The predicted octanol–water partition coefficient (Wildman–Crippen LogP) is 2.09. The zero-order valence-electron chi connectivity index (χ0n) is 8.00. The van der Waals surface area contributed by atoms with Gasteiger partial charge in [0.05, 0.1) is 18.4 Å². The van der Waals surface area contributed by atoms with Crippen LogP contribution in [0.1, 0.15) is 24.5 Å². The van der Waals surface area contributed by atoms with Gasteiger partial charge in [-0.1, -0.05) is 0 Å². The summed E-state index contributed by atoms with van der Waals surface area (Å²) in [6.45, 7) is 4.24. The third-order valence-corrected chi connectivity index (χ3v) is 2.87. The monoisotopic (exact) mass is 196 g/mol. The fourth-order valence-electron chi connectivity index (χ4n) is 0.856. The molecule has 0 aliphatic heterocycles. The molecule has 0 unspecified atom stereocenters. The lowest BCUT2D eigenvalue weighted by molar-refractivity contribution is 0.182. The third-order valence-electron chi connectivity index (χ3n) is 1.66. The molecule has 0 aromatic carbocycles. The average molecular weight is 196 g/mol. The molecule has 3 nitrogen and oxygen atoms in total. The van der Waals surface area contributed by atoms with Gasteiger partial charge < -0.3 is 4.74 Å². The molecule has 4 heteroatoms. The van der Waals surface area contributed by atoms with E-state index in [1.165, 1.54) is 11.3 Å². The zero-order chi connectivity index (χ0) is 9.90. The molecule has 0 saturated heterocycles. The highest BCUT2D eigenvalue weighted by atomic mass is 32.1. The van der Waals surface area contributed by atoms with E-state index in [2.05, 4.69) is 11.1 Å². The predicted molar refractivity (Wildman–Crippen MR) is 51.5 cm³/mol. The van der Waals surface area contributed by atoms with Crippen molar-refractivity contribution < 1.29 is 4.74 Å². The van der Waals surface area contributed by atoms with E-state index in [4.69, 9.17) is 10.00 Å². The maximum absolute atomic E-state index is 8.87. The average Bonchev–Trinajstić information content (AvgIpc) is 2.54. The van der Waals surface area contributed by atoms with Crippen molar-refractivity contribution in [1.82, 2.24) is 4.98 Å². The first-order valence-electron chi connectivity index (χ1n) is 3.95. The molecule has 0 saturated carbocycles. The molecule has 0 aliphatic rings. The minimum absolute atomic E-state index is 0.489. The number of methoxy groups -OCH3 is 1. The van der Waals surface area contributed by atoms with Crippen molar-refractivity contribution in [3.05, 3.63) is 16.1 Å². The molecule has 1 aromatic rings. The van der Waals surface area contributed by atoms with Crippen molar-refractivity contribution in [2.75, 3.05) is 7.11 Å². The van der Waals surface area contributed by atoms with E-state index < -0.39 is 5.41 Å². The van der Waals surface area contributed by atoms with Crippen molar-refractivity contribution in [3.63, 3.8) is 0 Å². The molecule has 0 spiro atoms. The normalized spacial score (nSPS) is 11.2.